The van der Waals surface area contributed by atoms with Crippen molar-refractivity contribution in [3.8, 4) is 0 Å². The molecule has 0 amide bonds. The highest BCUT2D eigenvalue weighted by Crippen LogP contribution is 2.11. The lowest BCUT2D eigenvalue weighted by molar-refractivity contribution is 0.266. The highest BCUT2D eigenvalue weighted by Gasteiger charge is 2.09. The van der Waals surface area contributed by atoms with Gasteiger partial charge in [0.05, 0.1) is 5.69 Å². The lowest BCUT2D eigenvalue weighted by atomic mass is 10.3. The van der Waals surface area contributed by atoms with Crippen LogP contribution >= 0.6 is 23.4 Å². The maximum Gasteiger partial charge on any atom is 0.0558 e. The Labute approximate surface area is 101 Å². The Bertz CT molecular complexity index is 306. The Morgan fingerprint density at radius 2 is 2.33 bits per heavy atom. The quantitative estimate of drug-likeness (QED) is 0.793. The van der Waals surface area contributed by atoms with Gasteiger partial charge in [-0.25, -0.2) is 0 Å². The summed E-state index contributed by atoms with van der Waals surface area (Å²) >= 11 is 7.77. The lowest BCUT2D eigenvalue weighted by Crippen LogP contribution is -2.30. The molecule has 1 unspecified atom stereocenters. The minimum atomic E-state index is 0.556. The second kappa shape index (κ2) is 6.36. The number of nitrogens with zero attached hydrogens (tertiary/aromatic N) is 2. The van der Waals surface area contributed by atoms with Crippen molar-refractivity contribution in [1.29, 1.82) is 0 Å². The number of rotatable bonds is 5. The lowest BCUT2D eigenvalue weighted by Gasteiger charge is -2.23. The van der Waals surface area contributed by atoms with Crippen LogP contribution in [0.25, 0.3) is 0 Å². The van der Waals surface area contributed by atoms with Crippen molar-refractivity contribution in [1.82, 2.24) is 9.88 Å². The first kappa shape index (κ1) is 12.8. The molecule has 0 aliphatic rings. The molecular formula is C11H17ClN2S. The summed E-state index contributed by atoms with van der Waals surface area (Å²) in [5.41, 5.74) is 1.03. The van der Waals surface area contributed by atoms with Crippen molar-refractivity contribution in [3.63, 3.8) is 0 Å². The molecule has 0 saturated heterocycles. The van der Waals surface area contributed by atoms with Gasteiger partial charge in [-0.1, -0.05) is 11.6 Å². The third-order valence-corrected chi connectivity index (χ3v) is 3.40. The molecule has 1 aromatic heterocycles. The van der Waals surface area contributed by atoms with E-state index in [0.29, 0.717) is 6.04 Å². The average Bonchev–Trinajstić information content (AvgIpc) is 2.18. The van der Waals surface area contributed by atoms with Crippen LogP contribution in [0.1, 0.15) is 12.6 Å². The standard InChI is InChI=1S/C11H17ClN2S/c1-9(8-15-3)14(2)7-11-6-10(12)4-5-13-11/h4-6,9H,7-8H2,1-3H3. The van der Waals surface area contributed by atoms with Gasteiger partial charge in [-0.05, 0) is 32.4 Å². The van der Waals surface area contributed by atoms with Crippen LogP contribution in [0.2, 0.25) is 5.02 Å². The van der Waals surface area contributed by atoms with Crippen molar-refractivity contribution in [3.05, 3.63) is 29.0 Å². The minimum Gasteiger partial charge on any atom is -0.297 e. The summed E-state index contributed by atoms with van der Waals surface area (Å²) in [6.07, 6.45) is 3.88. The largest absolute Gasteiger partial charge is 0.297 e. The first-order chi connectivity index (χ1) is 7.13. The molecule has 0 aromatic carbocycles. The zero-order chi connectivity index (χ0) is 11.3. The van der Waals surface area contributed by atoms with Gasteiger partial charge in [0.15, 0.2) is 0 Å². The minimum absolute atomic E-state index is 0.556. The average molecular weight is 245 g/mol. The maximum absolute atomic E-state index is 5.91. The summed E-state index contributed by atoms with van der Waals surface area (Å²) in [7, 11) is 2.11. The van der Waals surface area contributed by atoms with E-state index in [1.54, 1.807) is 12.3 Å². The third-order valence-electron chi connectivity index (χ3n) is 2.35. The fourth-order valence-corrected chi connectivity index (χ4v) is 2.23. The molecule has 1 rings (SSSR count). The van der Waals surface area contributed by atoms with Crippen LogP contribution in [0, 0.1) is 0 Å². The second-order valence-corrected chi connectivity index (χ2v) is 5.03. The van der Waals surface area contributed by atoms with E-state index in [0.717, 1.165) is 23.0 Å². The molecule has 1 heterocycles. The molecule has 0 N–H and O–H groups in total. The molecular weight excluding hydrogens is 228 g/mol. The molecule has 15 heavy (non-hydrogen) atoms. The molecule has 0 radical (unpaired) electrons. The van der Waals surface area contributed by atoms with Gasteiger partial charge in [-0.3, -0.25) is 9.88 Å². The Morgan fingerprint density at radius 3 is 2.93 bits per heavy atom. The maximum atomic E-state index is 5.91. The van der Waals surface area contributed by atoms with Crippen LogP contribution < -0.4 is 0 Å². The van der Waals surface area contributed by atoms with Crippen LogP contribution in [0.5, 0.6) is 0 Å². The van der Waals surface area contributed by atoms with Gasteiger partial charge in [0.2, 0.25) is 0 Å². The van der Waals surface area contributed by atoms with Crippen LogP contribution in [-0.4, -0.2) is 35.0 Å². The fraction of sp³-hybridized carbons (Fsp3) is 0.545. The molecule has 0 aliphatic carbocycles. The topological polar surface area (TPSA) is 16.1 Å². The van der Waals surface area contributed by atoms with Crippen molar-refractivity contribution < 1.29 is 0 Å². The monoisotopic (exact) mass is 244 g/mol. The van der Waals surface area contributed by atoms with Gasteiger partial charge in [-0.2, -0.15) is 11.8 Å². The highest BCUT2D eigenvalue weighted by atomic mass is 35.5. The number of halogens is 1. The van der Waals surface area contributed by atoms with E-state index >= 15 is 0 Å². The fourth-order valence-electron chi connectivity index (χ4n) is 1.32. The number of thioether (sulfide) groups is 1. The summed E-state index contributed by atoms with van der Waals surface area (Å²) in [5.74, 6) is 1.14. The Kier molecular flexibility index (Phi) is 5.43. The van der Waals surface area contributed by atoms with Gasteiger partial charge < -0.3 is 0 Å². The van der Waals surface area contributed by atoms with E-state index in [-0.39, 0.29) is 0 Å². The smallest absolute Gasteiger partial charge is 0.0558 e. The molecule has 1 aromatic rings. The second-order valence-electron chi connectivity index (χ2n) is 3.68. The van der Waals surface area contributed by atoms with Crippen LogP contribution in [0.15, 0.2) is 18.3 Å². The Hall–Kier alpha value is -0.250. The van der Waals surface area contributed by atoms with E-state index in [4.69, 9.17) is 11.6 Å². The Balaban J connectivity index is 2.54. The predicted octanol–water partition coefficient (Wildman–Crippen LogP) is 2.92. The normalized spacial score (nSPS) is 13.1. The van der Waals surface area contributed by atoms with Crippen molar-refractivity contribution in [2.45, 2.75) is 19.5 Å². The van der Waals surface area contributed by atoms with Crippen molar-refractivity contribution in [2.24, 2.45) is 0 Å². The third kappa shape index (κ3) is 4.41. The summed E-state index contributed by atoms with van der Waals surface area (Å²) in [6.45, 7) is 3.07. The predicted molar refractivity (Wildman–Crippen MR) is 68.6 cm³/mol. The summed E-state index contributed by atoms with van der Waals surface area (Å²) in [4.78, 5) is 6.58. The van der Waals surface area contributed by atoms with E-state index in [1.807, 2.05) is 17.8 Å². The number of pyridine rings is 1. The van der Waals surface area contributed by atoms with Crippen LogP contribution in [0.3, 0.4) is 0 Å². The van der Waals surface area contributed by atoms with E-state index in [9.17, 15) is 0 Å². The summed E-state index contributed by atoms with van der Waals surface area (Å²) in [6, 6.07) is 4.28. The summed E-state index contributed by atoms with van der Waals surface area (Å²) < 4.78 is 0. The number of aromatic nitrogens is 1. The Morgan fingerprint density at radius 1 is 1.60 bits per heavy atom. The van der Waals surface area contributed by atoms with E-state index < -0.39 is 0 Å². The number of hydrogen-bond donors (Lipinski definition) is 0. The molecule has 84 valence electrons. The van der Waals surface area contributed by atoms with Crippen LogP contribution in [0.4, 0.5) is 0 Å². The van der Waals surface area contributed by atoms with Crippen molar-refractivity contribution >= 4 is 23.4 Å². The first-order valence-electron chi connectivity index (χ1n) is 4.93. The molecule has 0 fully saturated rings. The van der Waals surface area contributed by atoms with Crippen LogP contribution in [-0.2, 0) is 6.54 Å². The number of hydrogen-bond acceptors (Lipinski definition) is 3. The van der Waals surface area contributed by atoms with E-state index in [2.05, 4.69) is 30.1 Å². The molecule has 0 saturated carbocycles. The molecule has 0 spiro atoms. The van der Waals surface area contributed by atoms with E-state index in [1.165, 1.54) is 0 Å². The molecule has 1 atom stereocenters. The van der Waals surface area contributed by atoms with Crippen molar-refractivity contribution in [2.75, 3.05) is 19.1 Å². The zero-order valence-corrected chi connectivity index (χ0v) is 11.0. The van der Waals surface area contributed by atoms with Gasteiger partial charge in [0.25, 0.3) is 0 Å². The van der Waals surface area contributed by atoms with Gasteiger partial charge in [0, 0.05) is 29.6 Å². The zero-order valence-electron chi connectivity index (χ0n) is 9.40. The highest BCUT2D eigenvalue weighted by molar-refractivity contribution is 7.98. The molecule has 2 nitrogen and oxygen atoms in total. The summed E-state index contributed by atoms with van der Waals surface area (Å²) in [5, 5.41) is 0.755. The first-order valence-corrected chi connectivity index (χ1v) is 6.70. The molecule has 4 heteroatoms. The van der Waals surface area contributed by atoms with Gasteiger partial charge in [0.1, 0.15) is 0 Å². The van der Waals surface area contributed by atoms with Gasteiger partial charge >= 0.3 is 0 Å². The molecule has 0 aliphatic heterocycles. The SMILES string of the molecule is CSCC(C)N(C)Cc1cc(Cl)ccn1. The molecule has 0 bridgehead atoms. The van der Waals surface area contributed by atoms with Gasteiger partial charge in [-0.15, -0.1) is 0 Å².